The average Bonchev–Trinajstić information content (AvgIpc) is 2.58. The minimum Gasteiger partial charge on any atom is -0.496 e. The maximum Gasteiger partial charge on any atom is 0.258 e. The third kappa shape index (κ3) is 5.28. The molecule has 0 aliphatic carbocycles. The molecule has 1 N–H and O–H groups in total. The molecule has 0 aliphatic rings. The maximum absolute atomic E-state index is 12.2. The van der Waals surface area contributed by atoms with E-state index in [9.17, 15) is 4.79 Å². The topological polar surface area (TPSA) is 47.6 Å². The Hall–Kier alpha value is -1.91. The SMILES string of the molecule is CC[C@@H](NC(=O)COc1ccc(Cl)cc1Cl)c1ccc(OC)c(C)c1. The fourth-order valence-corrected chi connectivity index (χ4v) is 2.97. The standard InChI is InChI=1S/C19H21Cl2NO3/c1-4-16(13-5-7-17(24-3)12(2)9-13)22-19(23)11-25-18-8-6-14(20)10-15(18)21/h5-10,16H,4,11H2,1-3H3,(H,22,23)/t16-/m1/s1. The van der Waals surface area contributed by atoms with Crippen LogP contribution in [-0.2, 0) is 4.79 Å². The van der Waals surface area contributed by atoms with Crippen molar-refractivity contribution in [1.29, 1.82) is 0 Å². The van der Waals surface area contributed by atoms with Gasteiger partial charge in [-0.25, -0.2) is 0 Å². The summed E-state index contributed by atoms with van der Waals surface area (Å²) in [6.07, 6.45) is 0.763. The van der Waals surface area contributed by atoms with E-state index >= 15 is 0 Å². The van der Waals surface area contributed by atoms with Crippen LogP contribution < -0.4 is 14.8 Å². The fourth-order valence-electron chi connectivity index (χ4n) is 2.51. The largest absolute Gasteiger partial charge is 0.496 e. The van der Waals surface area contributed by atoms with Crippen molar-refractivity contribution in [2.45, 2.75) is 26.3 Å². The van der Waals surface area contributed by atoms with E-state index in [-0.39, 0.29) is 18.6 Å². The smallest absolute Gasteiger partial charge is 0.258 e. The van der Waals surface area contributed by atoms with Gasteiger partial charge in [0, 0.05) is 5.02 Å². The van der Waals surface area contributed by atoms with Crippen LogP contribution in [0.2, 0.25) is 10.0 Å². The Morgan fingerprint density at radius 1 is 1.16 bits per heavy atom. The average molecular weight is 382 g/mol. The van der Waals surface area contributed by atoms with Gasteiger partial charge in [0.2, 0.25) is 0 Å². The molecular weight excluding hydrogens is 361 g/mol. The van der Waals surface area contributed by atoms with Crippen molar-refractivity contribution in [1.82, 2.24) is 5.32 Å². The summed E-state index contributed by atoms with van der Waals surface area (Å²) in [7, 11) is 1.64. The third-order valence-electron chi connectivity index (χ3n) is 3.82. The third-order valence-corrected chi connectivity index (χ3v) is 4.35. The summed E-state index contributed by atoms with van der Waals surface area (Å²) in [6.45, 7) is 3.87. The van der Waals surface area contributed by atoms with E-state index in [1.807, 2.05) is 32.0 Å². The summed E-state index contributed by atoms with van der Waals surface area (Å²) in [6, 6.07) is 10.7. The van der Waals surface area contributed by atoms with E-state index in [4.69, 9.17) is 32.7 Å². The number of carbonyl (C=O) groups excluding carboxylic acids is 1. The van der Waals surface area contributed by atoms with Gasteiger partial charge in [0.1, 0.15) is 11.5 Å². The van der Waals surface area contributed by atoms with Crippen molar-refractivity contribution < 1.29 is 14.3 Å². The molecule has 2 aromatic rings. The monoisotopic (exact) mass is 381 g/mol. The first kappa shape index (κ1) is 19.4. The van der Waals surface area contributed by atoms with Gasteiger partial charge in [0.25, 0.3) is 5.91 Å². The summed E-state index contributed by atoms with van der Waals surface area (Å²) in [4.78, 5) is 12.2. The molecule has 4 nitrogen and oxygen atoms in total. The van der Waals surface area contributed by atoms with Gasteiger partial charge in [-0.3, -0.25) is 4.79 Å². The minimum absolute atomic E-state index is 0.0959. The number of methoxy groups -OCH3 is 1. The Morgan fingerprint density at radius 2 is 1.88 bits per heavy atom. The van der Waals surface area contributed by atoms with Gasteiger partial charge in [0.05, 0.1) is 18.2 Å². The number of nitrogens with one attached hydrogen (secondary N) is 1. The van der Waals surface area contributed by atoms with Gasteiger partial charge in [0.15, 0.2) is 6.61 Å². The Kier molecular flexibility index (Phi) is 6.97. The van der Waals surface area contributed by atoms with Crippen LogP contribution >= 0.6 is 23.2 Å². The summed E-state index contributed by atoms with van der Waals surface area (Å²) in [5.41, 5.74) is 2.05. The highest BCUT2D eigenvalue weighted by Gasteiger charge is 2.15. The number of carbonyl (C=O) groups is 1. The predicted molar refractivity (Wildman–Crippen MR) is 101 cm³/mol. The molecule has 0 unspecified atom stereocenters. The van der Waals surface area contributed by atoms with Gasteiger partial charge in [-0.1, -0.05) is 42.3 Å². The molecule has 0 fully saturated rings. The van der Waals surface area contributed by atoms with E-state index in [2.05, 4.69) is 5.32 Å². The van der Waals surface area contributed by atoms with Crippen LogP contribution in [0.1, 0.15) is 30.5 Å². The molecule has 6 heteroatoms. The quantitative estimate of drug-likeness (QED) is 0.737. The number of benzene rings is 2. The molecule has 0 bridgehead atoms. The molecule has 1 amide bonds. The Bertz CT molecular complexity index is 749. The highest BCUT2D eigenvalue weighted by molar-refractivity contribution is 6.35. The van der Waals surface area contributed by atoms with Crippen molar-refractivity contribution in [3.63, 3.8) is 0 Å². The first-order valence-corrected chi connectivity index (χ1v) is 8.72. The molecule has 2 aromatic carbocycles. The Balaban J connectivity index is 1.98. The van der Waals surface area contributed by atoms with Gasteiger partial charge in [-0.05, 0) is 48.7 Å². The second-order valence-corrected chi connectivity index (χ2v) is 6.46. The van der Waals surface area contributed by atoms with Crippen molar-refractivity contribution in [2.75, 3.05) is 13.7 Å². The minimum atomic E-state index is -0.216. The van der Waals surface area contributed by atoms with Crippen LogP contribution in [0.5, 0.6) is 11.5 Å². The number of hydrogen-bond acceptors (Lipinski definition) is 3. The van der Waals surface area contributed by atoms with Gasteiger partial charge in [-0.2, -0.15) is 0 Å². The predicted octanol–water partition coefficient (Wildman–Crippen LogP) is 4.96. The number of amides is 1. The number of ether oxygens (including phenoxy) is 2. The fraction of sp³-hybridized carbons (Fsp3) is 0.316. The van der Waals surface area contributed by atoms with Gasteiger partial charge in [-0.15, -0.1) is 0 Å². The van der Waals surface area contributed by atoms with Crippen molar-refractivity contribution in [3.8, 4) is 11.5 Å². The number of rotatable bonds is 7. The Morgan fingerprint density at radius 3 is 2.48 bits per heavy atom. The molecule has 0 radical (unpaired) electrons. The lowest BCUT2D eigenvalue weighted by atomic mass is 10.0. The molecule has 0 heterocycles. The molecule has 25 heavy (non-hydrogen) atoms. The van der Waals surface area contributed by atoms with Crippen molar-refractivity contribution in [2.24, 2.45) is 0 Å². The van der Waals surface area contributed by atoms with Crippen LogP contribution in [0.3, 0.4) is 0 Å². The number of hydrogen-bond donors (Lipinski definition) is 1. The Labute approximate surface area is 158 Å². The zero-order valence-electron chi connectivity index (χ0n) is 14.4. The second-order valence-electron chi connectivity index (χ2n) is 5.62. The normalized spacial score (nSPS) is 11.7. The maximum atomic E-state index is 12.2. The lowest BCUT2D eigenvalue weighted by molar-refractivity contribution is -0.123. The van der Waals surface area contributed by atoms with Crippen molar-refractivity contribution in [3.05, 3.63) is 57.6 Å². The van der Waals surface area contributed by atoms with Crippen LogP contribution in [0, 0.1) is 6.92 Å². The summed E-state index contributed by atoms with van der Waals surface area (Å²) >= 11 is 11.9. The van der Waals surface area contributed by atoms with E-state index in [0.29, 0.717) is 15.8 Å². The van der Waals surface area contributed by atoms with E-state index in [0.717, 1.165) is 23.3 Å². The van der Waals surface area contributed by atoms with E-state index in [1.54, 1.807) is 25.3 Å². The van der Waals surface area contributed by atoms with Crippen molar-refractivity contribution >= 4 is 29.1 Å². The summed E-state index contributed by atoms with van der Waals surface area (Å²) in [5, 5.41) is 3.86. The lowest BCUT2D eigenvalue weighted by Gasteiger charge is -2.19. The van der Waals surface area contributed by atoms with Gasteiger partial charge < -0.3 is 14.8 Å². The number of halogens is 2. The van der Waals surface area contributed by atoms with Crippen LogP contribution in [-0.4, -0.2) is 19.6 Å². The highest BCUT2D eigenvalue weighted by atomic mass is 35.5. The zero-order chi connectivity index (χ0) is 18.4. The molecular formula is C19H21Cl2NO3. The van der Waals surface area contributed by atoms with Crippen LogP contribution in [0.25, 0.3) is 0 Å². The molecule has 0 aliphatic heterocycles. The van der Waals surface area contributed by atoms with Crippen LogP contribution in [0.15, 0.2) is 36.4 Å². The molecule has 0 saturated heterocycles. The molecule has 2 rings (SSSR count). The molecule has 0 saturated carbocycles. The first-order chi connectivity index (χ1) is 11.9. The molecule has 0 spiro atoms. The highest BCUT2D eigenvalue weighted by Crippen LogP contribution is 2.27. The zero-order valence-corrected chi connectivity index (χ0v) is 15.9. The molecule has 134 valence electrons. The summed E-state index contributed by atoms with van der Waals surface area (Å²) in [5.74, 6) is 1.03. The van der Waals surface area contributed by atoms with Gasteiger partial charge >= 0.3 is 0 Å². The summed E-state index contributed by atoms with van der Waals surface area (Å²) < 4.78 is 10.7. The first-order valence-electron chi connectivity index (χ1n) is 7.96. The molecule has 1 atom stereocenters. The lowest BCUT2D eigenvalue weighted by Crippen LogP contribution is -2.32. The van der Waals surface area contributed by atoms with E-state index in [1.165, 1.54) is 0 Å². The van der Waals surface area contributed by atoms with Crippen LogP contribution in [0.4, 0.5) is 0 Å². The number of aryl methyl sites for hydroxylation is 1. The second kappa shape index (κ2) is 8.97. The van der Waals surface area contributed by atoms with E-state index < -0.39 is 0 Å². The molecule has 0 aromatic heterocycles.